The smallest absolute Gasteiger partial charge is 0.241 e. The minimum absolute atomic E-state index is 0. The Morgan fingerprint density at radius 2 is 1.96 bits per heavy atom. The fraction of sp³-hybridized carbons (Fsp3) is 0.529. The van der Waals surface area contributed by atoms with Crippen LogP contribution in [0.1, 0.15) is 27.2 Å². The molecule has 24 heavy (non-hydrogen) atoms. The molecular weight excluding hydrogens is 328 g/mol. The Labute approximate surface area is 149 Å². The molecule has 1 aliphatic heterocycles. The van der Waals surface area contributed by atoms with E-state index in [-0.39, 0.29) is 35.7 Å². The third-order valence-electron chi connectivity index (χ3n) is 4.46. The van der Waals surface area contributed by atoms with Crippen molar-refractivity contribution in [3.63, 3.8) is 0 Å². The topological polar surface area (TPSA) is 87.5 Å². The van der Waals surface area contributed by atoms with Gasteiger partial charge in [0.25, 0.3) is 0 Å². The van der Waals surface area contributed by atoms with Gasteiger partial charge in [-0.15, -0.1) is 12.4 Å². The lowest BCUT2D eigenvalue weighted by atomic mass is 9.90. The van der Waals surface area contributed by atoms with E-state index in [2.05, 4.69) is 22.5 Å². The number of benzene rings is 1. The van der Waals surface area contributed by atoms with Crippen LogP contribution in [0.3, 0.4) is 0 Å². The second-order valence-electron chi connectivity index (χ2n) is 6.66. The predicted molar refractivity (Wildman–Crippen MR) is 99.4 cm³/mol. The van der Waals surface area contributed by atoms with Crippen LogP contribution < -0.4 is 16.4 Å². The standard InChI is InChI=1S/C17H26N4O2.ClH/c1-12(21-8-7-17(3,10-18)11-21)16(23)20-15-6-4-5-14(9-15)19-13(2)22;/h4-6,9,12H,7-8,10-11,18H2,1-3H3,(H,19,22)(H,20,23);1H. The number of rotatable bonds is 5. The van der Waals surface area contributed by atoms with E-state index < -0.39 is 0 Å². The molecule has 1 saturated heterocycles. The number of carbonyl (C=O) groups excluding carboxylic acids is 2. The quantitative estimate of drug-likeness (QED) is 0.755. The molecule has 1 fully saturated rings. The zero-order valence-electron chi connectivity index (χ0n) is 14.5. The number of hydrogen-bond acceptors (Lipinski definition) is 4. The number of amides is 2. The number of hydrogen-bond donors (Lipinski definition) is 3. The second-order valence-corrected chi connectivity index (χ2v) is 6.66. The zero-order valence-corrected chi connectivity index (χ0v) is 15.3. The van der Waals surface area contributed by atoms with Crippen LogP contribution in [0.15, 0.2) is 24.3 Å². The molecule has 0 radical (unpaired) electrons. The third-order valence-corrected chi connectivity index (χ3v) is 4.46. The third kappa shape index (κ3) is 5.19. The number of nitrogens with two attached hydrogens (primary N) is 1. The van der Waals surface area contributed by atoms with Crippen molar-refractivity contribution in [2.45, 2.75) is 33.2 Å². The van der Waals surface area contributed by atoms with Crippen molar-refractivity contribution in [2.75, 3.05) is 30.3 Å². The molecule has 0 saturated carbocycles. The Hall–Kier alpha value is -1.63. The van der Waals surface area contributed by atoms with Crippen molar-refractivity contribution >= 4 is 35.6 Å². The number of nitrogens with zero attached hydrogens (tertiary/aromatic N) is 1. The summed E-state index contributed by atoms with van der Waals surface area (Å²) in [4.78, 5) is 25.7. The summed E-state index contributed by atoms with van der Waals surface area (Å²) in [5.41, 5.74) is 7.26. The predicted octanol–water partition coefficient (Wildman–Crippen LogP) is 2.06. The van der Waals surface area contributed by atoms with Crippen LogP contribution in [0, 0.1) is 5.41 Å². The van der Waals surface area contributed by atoms with Gasteiger partial charge in [0.15, 0.2) is 0 Å². The summed E-state index contributed by atoms with van der Waals surface area (Å²) in [6, 6.07) is 6.93. The van der Waals surface area contributed by atoms with Crippen LogP contribution in [0.4, 0.5) is 11.4 Å². The van der Waals surface area contributed by atoms with E-state index in [4.69, 9.17) is 5.73 Å². The average molecular weight is 355 g/mol. The van der Waals surface area contributed by atoms with Gasteiger partial charge in [-0.05, 0) is 50.0 Å². The SMILES string of the molecule is CC(=O)Nc1cccc(NC(=O)C(C)N2CCC(C)(CN)C2)c1.Cl. The van der Waals surface area contributed by atoms with E-state index in [1.54, 1.807) is 18.2 Å². The van der Waals surface area contributed by atoms with E-state index >= 15 is 0 Å². The minimum Gasteiger partial charge on any atom is -0.330 e. The summed E-state index contributed by atoms with van der Waals surface area (Å²) < 4.78 is 0. The van der Waals surface area contributed by atoms with Gasteiger partial charge >= 0.3 is 0 Å². The van der Waals surface area contributed by atoms with Gasteiger partial charge in [0.1, 0.15) is 0 Å². The molecule has 2 unspecified atom stereocenters. The van der Waals surface area contributed by atoms with Crippen molar-refractivity contribution in [3.8, 4) is 0 Å². The lowest BCUT2D eigenvalue weighted by Crippen LogP contribution is -2.42. The van der Waals surface area contributed by atoms with E-state index in [0.29, 0.717) is 17.9 Å². The number of nitrogens with one attached hydrogen (secondary N) is 2. The van der Waals surface area contributed by atoms with E-state index in [1.807, 2.05) is 13.0 Å². The van der Waals surface area contributed by atoms with Crippen molar-refractivity contribution < 1.29 is 9.59 Å². The summed E-state index contributed by atoms with van der Waals surface area (Å²) in [7, 11) is 0. The summed E-state index contributed by atoms with van der Waals surface area (Å²) in [6.07, 6.45) is 1.01. The zero-order chi connectivity index (χ0) is 17.0. The van der Waals surface area contributed by atoms with Crippen LogP contribution in [0.25, 0.3) is 0 Å². The summed E-state index contributed by atoms with van der Waals surface area (Å²) in [5.74, 6) is -0.189. The molecule has 6 nitrogen and oxygen atoms in total. The van der Waals surface area contributed by atoms with Crippen LogP contribution >= 0.6 is 12.4 Å². The van der Waals surface area contributed by atoms with Crippen LogP contribution in [0.5, 0.6) is 0 Å². The number of halogens is 1. The Morgan fingerprint density at radius 3 is 2.50 bits per heavy atom. The second kappa shape index (κ2) is 8.46. The normalized spacial score (nSPS) is 21.7. The maximum absolute atomic E-state index is 12.5. The Morgan fingerprint density at radius 1 is 1.33 bits per heavy atom. The summed E-state index contributed by atoms with van der Waals surface area (Å²) >= 11 is 0. The van der Waals surface area contributed by atoms with Crippen molar-refractivity contribution in [1.82, 2.24) is 4.90 Å². The number of likely N-dealkylation sites (tertiary alicyclic amines) is 1. The molecule has 1 aromatic rings. The first kappa shape index (κ1) is 20.4. The van der Waals surface area contributed by atoms with Crippen molar-refractivity contribution in [3.05, 3.63) is 24.3 Å². The average Bonchev–Trinajstić information content (AvgIpc) is 2.89. The molecule has 0 aliphatic carbocycles. The highest BCUT2D eigenvalue weighted by atomic mass is 35.5. The maximum Gasteiger partial charge on any atom is 0.241 e. The number of carbonyl (C=O) groups is 2. The molecule has 2 atom stereocenters. The Balaban J connectivity index is 0.00000288. The monoisotopic (exact) mass is 354 g/mol. The van der Waals surface area contributed by atoms with Gasteiger partial charge in [-0.3, -0.25) is 14.5 Å². The minimum atomic E-state index is -0.215. The van der Waals surface area contributed by atoms with E-state index in [1.165, 1.54) is 6.92 Å². The molecule has 2 amide bonds. The first-order valence-corrected chi connectivity index (χ1v) is 7.96. The van der Waals surface area contributed by atoms with Gasteiger partial charge in [0, 0.05) is 24.8 Å². The molecule has 7 heteroatoms. The van der Waals surface area contributed by atoms with E-state index in [0.717, 1.165) is 19.5 Å². The van der Waals surface area contributed by atoms with Crippen LogP contribution in [-0.4, -0.2) is 42.4 Å². The highest BCUT2D eigenvalue weighted by Crippen LogP contribution is 2.30. The maximum atomic E-state index is 12.5. The molecule has 0 aromatic heterocycles. The number of anilines is 2. The van der Waals surface area contributed by atoms with Gasteiger partial charge in [0.2, 0.25) is 11.8 Å². The fourth-order valence-electron chi connectivity index (χ4n) is 2.85. The highest BCUT2D eigenvalue weighted by Gasteiger charge is 2.36. The lowest BCUT2D eigenvalue weighted by molar-refractivity contribution is -0.120. The van der Waals surface area contributed by atoms with Crippen LogP contribution in [0.2, 0.25) is 0 Å². The molecule has 134 valence electrons. The van der Waals surface area contributed by atoms with Gasteiger partial charge in [-0.2, -0.15) is 0 Å². The molecule has 4 N–H and O–H groups in total. The van der Waals surface area contributed by atoms with Crippen molar-refractivity contribution in [1.29, 1.82) is 0 Å². The first-order valence-electron chi connectivity index (χ1n) is 7.96. The molecule has 1 aromatic carbocycles. The molecular formula is C17H27ClN4O2. The Kier molecular flexibility index (Phi) is 7.20. The van der Waals surface area contributed by atoms with E-state index in [9.17, 15) is 9.59 Å². The molecule has 0 spiro atoms. The van der Waals surface area contributed by atoms with Gasteiger partial charge in [-0.1, -0.05) is 13.0 Å². The largest absolute Gasteiger partial charge is 0.330 e. The first-order chi connectivity index (χ1) is 10.8. The van der Waals surface area contributed by atoms with Gasteiger partial charge in [0.05, 0.1) is 6.04 Å². The van der Waals surface area contributed by atoms with Crippen LogP contribution in [-0.2, 0) is 9.59 Å². The van der Waals surface area contributed by atoms with Gasteiger partial charge < -0.3 is 16.4 Å². The molecule has 1 aliphatic rings. The molecule has 1 heterocycles. The Bertz CT molecular complexity index is 596. The highest BCUT2D eigenvalue weighted by molar-refractivity contribution is 5.96. The molecule has 2 rings (SSSR count). The van der Waals surface area contributed by atoms with Crippen molar-refractivity contribution in [2.24, 2.45) is 11.1 Å². The van der Waals surface area contributed by atoms with Gasteiger partial charge in [-0.25, -0.2) is 0 Å². The fourth-order valence-corrected chi connectivity index (χ4v) is 2.85. The molecule has 0 bridgehead atoms. The lowest BCUT2D eigenvalue weighted by Gasteiger charge is -2.26. The summed E-state index contributed by atoms with van der Waals surface area (Å²) in [5, 5.41) is 5.62. The summed E-state index contributed by atoms with van der Waals surface area (Å²) in [6.45, 7) is 7.88.